The highest BCUT2D eigenvalue weighted by Gasteiger charge is 2.22. The van der Waals surface area contributed by atoms with E-state index in [1.807, 2.05) is 55.5 Å². The Bertz CT molecular complexity index is 958. The van der Waals surface area contributed by atoms with E-state index in [9.17, 15) is 9.59 Å². The van der Waals surface area contributed by atoms with Crippen molar-refractivity contribution in [2.24, 2.45) is 5.10 Å². The minimum atomic E-state index is -0.186. The third-order valence-corrected chi connectivity index (χ3v) is 5.21. The first-order valence-electron chi connectivity index (χ1n) is 10.2. The Morgan fingerprint density at radius 2 is 1.87 bits per heavy atom. The van der Waals surface area contributed by atoms with Gasteiger partial charge >= 0.3 is 0 Å². The van der Waals surface area contributed by atoms with Gasteiger partial charge in [0.25, 0.3) is 0 Å². The van der Waals surface area contributed by atoms with Gasteiger partial charge in [0.05, 0.1) is 18.3 Å². The van der Waals surface area contributed by atoms with Crippen molar-refractivity contribution in [3.05, 3.63) is 59.7 Å². The highest BCUT2D eigenvalue weighted by Crippen LogP contribution is 2.32. The Morgan fingerprint density at radius 1 is 1.10 bits per heavy atom. The Morgan fingerprint density at radius 3 is 2.67 bits per heavy atom. The van der Waals surface area contributed by atoms with E-state index in [1.54, 1.807) is 0 Å². The van der Waals surface area contributed by atoms with Gasteiger partial charge in [-0.05, 0) is 30.2 Å². The number of hydrazone groups is 1. The number of benzene rings is 2. The first kappa shape index (κ1) is 19.9. The quantitative estimate of drug-likeness (QED) is 0.798. The molecule has 0 fully saturated rings. The number of nitrogens with zero attached hydrogens (tertiary/aromatic N) is 2. The number of hydrogen-bond donors (Lipinski definition) is 1. The zero-order chi connectivity index (χ0) is 20.9. The van der Waals surface area contributed by atoms with Gasteiger partial charge in [-0.2, -0.15) is 5.10 Å². The molecule has 4 rings (SSSR count). The maximum absolute atomic E-state index is 12.5. The molecule has 2 aliphatic heterocycles. The van der Waals surface area contributed by atoms with Gasteiger partial charge in [0.2, 0.25) is 11.8 Å². The lowest BCUT2D eigenvalue weighted by Crippen LogP contribution is -2.36. The second kappa shape index (κ2) is 8.98. The number of amides is 2. The predicted molar refractivity (Wildman–Crippen MR) is 113 cm³/mol. The van der Waals surface area contributed by atoms with E-state index >= 15 is 0 Å². The van der Waals surface area contributed by atoms with Gasteiger partial charge in [0, 0.05) is 19.3 Å². The molecule has 0 spiro atoms. The monoisotopic (exact) mass is 407 g/mol. The Hall–Kier alpha value is -3.35. The van der Waals surface area contributed by atoms with Crippen LogP contribution in [0.5, 0.6) is 11.5 Å². The maximum atomic E-state index is 12.5. The molecule has 2 aromatic carbocycles. The van der Waals surface area contributed by atoms with Crippen molar-refractivity contribution >= 4 is 17.5 Å². The summed E-state index contributed by atoms with van der Waals surface area (Å²) in [6, 6.07) is 15.3. The summed E-state index contributed by atoms with van der Waals surface area (Å²) in [6.07, 6.45) is 1.21. The Kier molecular flexibility index (Phi) is 5.97. The summed E-state index contributed by atoms with van der Waals surface area (Å²) in [7, 11) is 0. The molecule has 0 radical (unpaired) electrons. The lowest BCUT2D eigenvalue weighted by Gasteiger charge is -2.24. The molecular weight excluding hydrogens is 382 g/mol. The van der Waals surface area contributed by atoms with Gasteiger partial charge in [-0.1, -0.05) is 36.4 Å². The van der Waals surface area contributed by atoms with Crippen LogP contribution in [0.2, 0.25) is 0 Å². The minimum Gasteiger partial charge on any atom is -0.486 e. The molecule has 7 heteroatoms. The van der Waals surface area contributed by atoms with E-state index < -0.39 is 0 Å². The fourth-order valence-corrected chi connectivity index (χ4v) is 3.55. The van der Waals surface area contributed by atoms with Crippen molar-refractivity contribution < 1.29 is 19.1 Å². The third kappa shape index (κ3) is 4.62. The summed E-state index contributed by atoms with van der Waals surface area (Å²) in [4.78, 5) is 24.7. The SMILES string of the molecule is C[C@H](NC(=O)CCN1N=C(c2ccccc2)CCC1=O)c1ccc2c(c1)OCCO2. The molecule has 156 valence electrons. The van der Waals surface area contributed by atoms with Crippen LogP contribution >= 0.6 is 0 Å². The summed E-state index contributed by atoms with van der Waals surface area (Å²) in [5.41, 5.74) is 2.82. The van der Waals surface area contributed by atoms with Gasteiger partial charge < -0.3 is 14.8 Å². The number of hydrogen-bond acceptors (Lipinski definition) is 5. The standard InChI is InChI=1S/C23H25N3O4/c1-16(18-7-9-20-21(15-18)30-14-13-29-20)24-22(27)11-12-26-23(28)10-8-19(25-26)17-5-3-2-4-6-17/h2-7,9,15-16H,8,10-14H2,1H3,(H,24,27)/t16-/m0/s1. The fourth-order valence-electron chi connectivity index (χ4n) is 3.55. The topological polar surface area (TPSA) is 80.2 Å². The highest BCUT2D eigenvalue weighted by atomic mass is 16.6. The number of carbonyl (C=O) groups is 2. The smallest absolute Gasteiger partial charge is 0.243 e. The molecule has 0 saturated carbocycles. The van der Waals surface area contributed by atoms with Crippen LogP contribution < -0.4 is 14.8 Å². The van der Waals surface area contributed by atoms with Gasteiger partial charge in [-0.15, -0.1) is 0 Å². The average Bonchev–Trinajstić information content (AvgIpc) is 2.78. The van der Waals surface area contributed by atoms with Gasteiger partial charge in [-0.25, -0.2) is 5.01 Å². The molecule has 2 aromatic rings. The van der Waals surface area contributed by atoms with Crippen LogP contribution in [-0.2, 0) is 9.59 Å². The van der Waals surface area contributed by atoms with Crippen molar-refractivity contribution in [2.45, 2.75) is 32.2 Å². The first-order valence-corrected chi connectivity index (χ1v) is 10.2. The first-order chi connectivity index (χ1) is 14.6. The van der Waals surface area contributed by atoms with E-state index in [1.165, 1.54) is 5.01 Å². The lowest BCUT2D eigenvalue weighted by molar-refractivity contribution is -0.132. The summed E-state index contributed by atoms with van der Waals surface area (Å²) in [6.45, 7) is 3.24. The molecule has 2 heterocycles. The van der Waals surface area contributed by atoms with Crippen LogP contribution in [0.4, 0.5) is 0 Å². The summed E-state index contributed by atoms with van der Waals surface area (Å²) >= 11 is 0. The van der Waals surface area contributed by atoms with Gasteiger partial charge in [0.15, 0.2) is 11.5 Å². The van der Waals surface area contributed by atoms with E-state index in [4.69, 9.17) is 9.47 Å². The second-order valence-corrected chi connectivity index (χ2v) is 7.37. The number of ether oxygens (including phenoxy) is 2. The molecule has 30 heavy (non-hydrogen) atoms. The summed E-state index contributed by atoms with van der Waals surface area (Å²) < 4.78 is 11.1. The van der Waals surface area contributed by atoms with Gasteiger partial charge in [0.1, 0.15) is 13.2 Å². The van der Waals surface area contributed by atoms with Gasteiger partial charge in [-0.3, -0.25) is 9.59 Å². The zero-order valence-corrected chi connectivity index (χ0v) is 17.0. The fraction of sp³-hybridized carbons (Fsp3) is 0.348. The molecule has 2 amide bonds. The Balaban J connectivity index is 1.34. The molecule has 0 unspecified atom stereocenters. The maximum Gasteiger partial charge on any atom is 0.243 e. The van der Waals surface area contributed by atoms with Crippen LogP contribution in [0.3, 0.4) is 0 Å². The van der Waals surface area contributed by atoms with Crippen LogP contribution in [0.15, 0.2) is 53.6 Å². The molecule has 7 nitrogen and oxygen atoms in total. The number of carbonyl (C=O) groups excluding carboxylic acids is 2. The summed E-state index contributed by atoms with van der Waals surface area (Å²) in [5, 5.41) is 8.88. The molecule has 2 aliphatic rings. The summed E-state index contributed by atoms with van der Waals surface area (Å²) in [5.74, 6) is 1.23. The number of fused-ring (bicyclic) bond motifs is 1. The average molecular weight is 407 g/mol. The van der Waals surface area contributed by atoms with E-state index in [2.05, 4.69) is 10.4 Å². The van der Waals surface area contributed by atoms with E-state index in [0.717, 1.165) is 22.6 Å². The molecule has 1 atom stereocenters. The molecule has 1 N–H and O–H groups in total. The highest BCUT2D eigenvalue weighted by molar-refractivity contribution is 6.04. The minimum absolute atomic E-state index is 0.0534. The molecular formula is C23H25N3O4. The zero-order valence-electron chi connectivity index (χ0n) is 17.0. The van der Waals surface area contributed by atoms with Crippen LogP contribution in [0, 0.1) is 0 Å². The van der Waals surface area contributed by atoms with Crippen molar-refractivity contribution in [2.75, 3.05) is 19.8 Å². The van der Waals surface area contributed by atoms with Crippen LogP contribution in [0.1, 0.15) is 43.4 Å². The van der Waals surface area contributed by atoms with Crippen LogP contribution in [0.25, 0.3) is 0 Å². The number of rotatable bonds is 6. The van der Waals surface area contributed by atoms with E-state index in [-0.39, 0.29) is 30.8 Å². The predicted octanol–water partition coefficient (Wildman–Crippen LogP) is 3.05. The largest absolute Gasteiger partial charge is 0.486 e. The normalized spacial score (nSPS) is 16.6. The van der Waals surface area contributed by atoms with Crippen molar-refractivity contribution in [3.63, 3.8) is 0 Å². The van der Waals surface area contributed by atoms with Crippen molar-refractivity contribution in [1.82, 2.24) is 10.3 Å². The second-order valence-electron chi connectivity index (χ2n) is 7.37. The molecule has 0 bridgehead atoms. The molecule has 0 saturated heterocycles. The van der Waals surface area contributed by atoms with Crippen molar-refractivity contribution in [1.29, 1.82) is 0 Å². The molecule has 0 aliphatic carbocycles. The van der Waals surface area contributed by atoms with E-state index in [0.29, 0.717) is 31.8 Å². The number of nitrogens with one attached hydrogen (secondary N) is 1. The Labute approximate surface area is 175 Å². The van der Waals surface area contributed by atoms with Crippen LogP contribution in [-0.4, -0.2) is 42.3 Å². The third-order valence-electron chi connectivity index (χ3n) is 5.21. The lowest BCUT2D eigenvalue weighted by atomic mass is 10.0. The van der Waals surface area contributed by atoms with Crippen molar-refractivity contribution in [3.8, 4) is 11.5 Å². The molecule has 0 aromatic heterocycles.